The molecule has 0 atom stereocenters. The van der Waals surface area contributed by atoms with Gasteiger partial charge in [0.15, 0.2) is 0 Å². The first-order chi connectivity index (χ1) is 7.31. The summed E-state index contributed by atoms with van der Waals surface area (Å²) in [6.07, 6.45) is 1.06. The summed E-state index contributed by atoms with van der Waals surface area (Å²) in [6, 6.07) is 16.5. The minimum absolute atomic E-state index is 0.813. The summed E-state index contributed by atoms with van der Waals surface area (Å²) in [5, 5.41) is 0. The normalized spacial score (nSPS) is 10.2. The van der Waals surface area contributed by atoms with Crippen LogP contribution in [-0.4, -0.2) is 0 Å². The lowest BCUT2D eigenvalue weighted by Crippen LogP contribution is -1.88. The van der Waals surface area contributed by atoms with Crippen LogP contribution in [0.25, 0.3) is 11.1 Å². The van der Waals surface area contributed by atoms with Crippen LogP contribution in [0.15, 0.2) is 48.5 Å². The Morgan fingerprint density at radius 1 is 0.933 bits per heavy atom. The third kappa shape index (κ3) is 2.01. The van der Waals surface area contributed by atoms with E-state index in [4.69, 9.17) is 5.73 Å². The molecule has 1 heteroatoms. The Kier molecular flexibility index (Phi) is 2.72. The molecular weight excluding hydrogens is 182 g/mol. The molecule has 0 bridgehead atoms. The molecule has 0 unspecified atom stereocenters. The fourth-order valence-corrected chi connectivity index (χ4v) is 1.77. The number of nitrogens with two attached hydrogens (primary N) is 1. The average Bonchev–Trinajstić information content (AvgIpc) is 2.30. The molecule has 2 rings (SSSR count). The molecule has 0 radical (unpaired) electrons. The van der Waals surface area contributed by atoms with Crippen LogP contribution in [0.2, 0.25) is 0 Å². The lowest BCUT2D eigenvalue weighted by atomic mass is 9.98. The van der Waals surface area contributed by atoms with Crippen molar-refractivity contribution in [2.75, 3.05) is 5.73 Å². The zero-order valence-electron chi connectivity index (χ0n) is 8.90. The van der Waals surface area contributed by atoms with Crippen molar-refractivity contribution in [3.05, 3.63) is 54.1 Å². The minimum atomic E-state index is 0.813. The van der Waals surface area contributed by atoms with E-state index in [1.54, 1.807) is 0 Å². The molecule has 0 heterocycles. The second-order valence-electron chi connectivity index (χ2n) is 3.63. The van der Waals surface area contributed by atoms with Crippen molar-refractivity contribution in [2.24, 2.45) is 0 Å². The number of rotatable bonds is 2. The topological polar surface area (TPSA) is 26.0 Å². The number of anilines is 1. The fourth-order valence-electron chi connectivity index (χ4n) is 1.77. The SMILES string of the molecule is CCc1ccccc1-c1ccc(N)cc1. The Bertz CT molecular complexity index is 443. The van der Waals surface area contributed by atoms with E-state index in [-0.39, 0.29) is 0 Å². The Labute approximate surface area is 90.6 Å². The van der Waals surface area contributed by atoms with Gasteiger partial charge in [0.2, 0.25) is 0 Å². The van der Waals surface area contributed by atoms with Gasteiger partial charge in [-0.2, -0.15) is 0 Å². The van der Waals surface area contributed by atoms with Crippen LogP contribution in [0.5, 0.6) is 0 Å². The average molecular weight is 197 g/mol. The fraction of sp³-hybridized carbons (Fsp3) is 0.143. The van der Waals surface area contributed by atoms with E-state index in [0.717, 1.165) is 12.1 Å². The van der Waals surface area contributed by atoms with Crippen LogP contribution >= 0.6 is 0 Å². The molecule has 2 aromatic carbocycles. The summed E-state index contributed by atoms with van der Waals surface area (Å²) < 4.78 is 0. The third-order valence-electron chi connectivity index (χ3n) is 2.62. The van der Waals surface area contributed by atoms with E-state index in [2.05, 4.69) is 43.3 Å². The molecule has 0 spiro atoms. The van der Waals surface area contributed by atoms with E-state index >= 15 is 0 Å². The maximum absolute atomic E-state index is 5.68. The summed E-state index contributed by atoms with van der Waals surface area (Å²) in [6.45, 7) is 2.18. The second kappa shape index (κ2) is 4.18. The first-order valence-electron chi connectivity index (χ1n) is 5.25. The van der Waals surface area contributed by atoms with Crippen molar-refractivity contribution in [1.82, 2.24) is 0 Å². The van der Waals surface area contributed by atoms with Gasteiger partial charge in [-0.1, -0.05) is 43.3 Å². The number of aryl methyl sites for hydroxylation is 1. The maximum atomic E-state index is 5.68. The van der Waals surface area contributed by atoms with Gasteiger partial charge in [0.25, 0.3) is 0 Å². The largest absolute Gasteiger partial charge is 0.399 e. The molecule has 0 aliphatic rings. The highest BCUT2D eigenvalue weighted by Gasteiger charge is 2.01. The lowest BCUT2D eigenvalue weighted by molar-refractivity contribution is 1.14. The van der Waals surface area contributed by atoms with E-state index in [9.17, 15) is 0 Å². The molecule has 0 fully saturated rings. The van der Waals surface area contributed by atoms with Gasteiger partial charge in [-0.25, -0.2) is 0 Å². The van der Waals surface area contributed by atoms with Gasteiger partial charge >= 0.3 is 0 Å². The summed E-state index contributed by atoms with van der Waals surface area (Å²) in [5.74, 6) is 0. The highest BCUT2D eigenvalue weighted by atomic mass is 14.5. The number of hydrogen-bond donors (Lipinski definition) is 1. The zero-order valence-corrected chi connectivity index (χ0v) is 8.90. The molecule has 0 aromatic heterocycles. The van der Waals surface area contributed by atoms with Gasteiger partial charge in [-0.05, 0) is 35.2 Å². The summed E-state index contributed by atoms with van der Waals surface area (Å²) in [4.78, 5) is 0. The van der Waals surface area contributed by atoms with Crippen molar-refractivity contribution < 1.29 is 0 Å². The molecule has 15 heavy (non-hydrogen) atoms. The summed E-state index contributed by atoms with van der Waals surface area (Å²) in [7, 11) is 0. The standard InChI is InChI=1S/C14H15N/c1-2-11-5-3-4-6-14(11)12-7-9-13(15)10-8-12/h3-10H,2,15H2,1H3. The Balaban J connectivity index is 2.49. The molecule has 1 nitrogen and oxygen atoms in total. The summed E-state index contributed by atoms with van der Waals surface area (Å²) >= 11 is 0. The van der Waals surface area contributed by atoms with Crippen molar-refractivity contribution in [2.45, 2.75) is 13.3 Å². The summed E-state index contributed by atoms with van der Waals surface area (Å²) in [5.41, 5.74) is 10.4. The molecule has 2 N–H and O–H groups in total. The van der Waals surface area contributed by atoms with Crippen LogP contribution < -0.4 is 5.73 Å². The van der Waals surface area contributed by atoms with Gasteiger partial charge in [-0.15, -0.1) is 0 Å². The van der Waals surface area contributed by atoms with Gasteiger partial charge in [-0.3, -0.25) is 0 Å². The van der Waals surface area contributed by atoms with E-state index in [0.29, 0.717) is 0 Å². The molecular formula is C14H15N. The highest BCUT2D eigenvalue weighted by Crippen LogP contribution is 2.24. The van der Waals surface area contributed by atoms with Gasteiger partial charge < -0.3 is 5.73 Å². The second-order valence-corrected chi connectivity index (χ2v) is 3.63. The van der Waals surface area contributed by atoms with Crippen LogP contribution in [0.4, 0.5) is 5.69 Å². The molecule has 0 amide bonds. The van der Waals surface area contributed by atoms with Crippen LogP contribution in [0.3, 0.4) is 0 Å². The van der Waals surface area contributed by atoms with Crippen molar-refractivity contribution in [3.8, 4) is 11.1 Å². The van der Waals surface area contributed by atoms with Gasteiger partial charge in [0.1, 0.15) is 0 Å². The number of hydrogen-bond acceptors (Lipinski definition) is 1. The number of benzene rings is 2. The maximum Gasteiger partial charge on any atom is 0.0314 e. The lowest BCUT2D eigenvalue weighted by Gasteiger charge is -2.07. The van der Waals surface area contributed by atoms with Crippen LogP contribution in [0.1, 0.15) is 12.5 Å². The molecule has 76 valence electrons. The highest BCUT2D eigenvalue weighted by molar-refractivity contribution is 5.68. The van der Waals surface area contributed by atoms with Crippen molar-refractivity contribution in [1.29, 1.82) is 0 Å². The third-order valence-corrected chi connectivity index (χ3v) is 2.62. The van der Waals surface area contributed by atoms with Crippen molar-refractivity contribution >= 4 is 5.69 Å². The zero-order chi connectivity index (χ0) is 10.7. The molecule has 0 aliphatic heterocycles. The van der Waals surface area contributed by atoms with Gasteiger partial charge in [0, 0.05) is 5.69 Å². The van der Waals surface area contributed by atoms with E-state index in [1.807, 2.05) is 12.1 Å². The molecule has 0 saturated carbocycles. The van der Waals surface area contributed by atoms with Crippen LogP contribution in [-0.2, 0) is 6.42 Å². The molecule has 0 aliphatic carbocycles. The smallest absolute Gasteiger partial charge is 0.0314 e. The predicted molar refractivity (Wildman–Crippen MR) is 65.7 cm³/mol. The van der Waals surface area contributed by atoms with Crippen LogP contribution in [0, 0.1) is 0 Å². The Morgan fingerprint density at radius 3 is 2.27 bits per heavy atom. The van der Waals surface area contributed by atoms with Crippen molar-refractivity contribution in [3.63, 3.8) is 0 Å². The van der Waals surface area contributed by atoms with E-state index < -0.39 is 0 Å². The quantitative estimate of drug-likeness (QED) is 0.733. The first kappa shape index (κ1) is 9.78. The minimum Gasteiger partial charge on any atom is -0.399 e. The van der Waals surface area contributed by atoms with Gasteiger partial charge in [0.05, 0.1) is 0 Å². The first-order valence-corrected chi connectivity index (χ1v) is 5.25. The Morgan fingerprint density at radius 2 is 1.60 bits per heavy atom. The predicted octanol–water partition coefficient (Wildman–Crippen LogP) is 3.50. The number of nitrogen functional groups attached to an aromatic ring is 1. The Hall–Kier alpha value is -1.76. The molecule has 0 saturated heterocycles. The van der Waals surface area contributed by atoms with E-state index in [1.165, 1.54) is 16.7 Å². The monoisotopic (exact) mass is 197 g/mol. The molecule has 2 aromatic rings.